The maximum atomic E-state index is 12.7. The Morgan fingerprint density at radius 1 is 1.22 bits per heavy atom. The van der Waals surface area contributed by atoms with E-state index in [1.165, 1.54) is 5.56 Å². The molecule has 5 heteroatoms. The van der Waals surface area contributed by atoms with Gasteiger partial charge < -0.3 is 15.5 Å². The Hall–Kier alpha value is -1.88. The highest BCUT2D eigenvalue weighted by Gasteiger charge is 2.42. The molecule has 124 valence electrons. The normalized spacial score (nSPS) is 24.6. The number of carbonyl (C=O) groups is 2. The average molecular weight is 315 g/mol. The lowest BCUT2D eigenvalue weighted by Crippen LogP contribution is -2.45. The van der Waals surface area contributed by atoms with Crippen LogP contribution in [-0.2, 0) is 9.59 Å². The van der Waals surface area contributed by atoms with Crippen LogP contribution in [0.2, 0.25) is 0 Å². The highest BCUT2D eigenvalue weighted by atomic mass is 16.2. The van der Waals surface area contributed by atoms with Gasteiger partial charge in [-0.05, 0) is 56.4 Å². The number of nitrogens with zero attached hydrogens (tertiary/aromatic N) is 2. The number of anilines is 1. The van der Waals surface area contributed by atoms with Crippen molar-refractivity contribution in [2.75, 3.05) is 24.5 Å². The highest BCUT2D eigenvalue weighted by Crippen LogP contribution is 2.29. The first-order chi connectivity index (χ1) is 11.0. The van der Waals surface area contributed by atoms with E-state index in [0.717, 1.165) is 30.6 Å². The summed E-state index contributed by atoms with van der Waals surface area (Å²) in [5.41, 5.74) is 9.01. The fourth-order valence-corrected chi connectivity index (χ4v) is 3.63. The molecule has 0 radical (unpaired) electrons. The van der Waals surface area contributed by atoms with E-state index >= 15 is 0 Å². The molecule has 5 nitrogen and oxygen atoms in total. The molecule has 2 amide bonds. The molecule has 3 rings (SSSR count). The summed E-state index contributed by atoms with van der Waals surface area (Å²) in [6, 6.07) is 6.12. The van der Waals surface area contributed by atoms with E-state index in [0.29, 0.717) is 19.5 Å². The van der Waals surface area contributed by atoms with Crippen molar-refractivity contribution in [3.8, 4) is 0 Å². The Balaban J connectivity index is 1.76. The van der Waals surface area contributed by atoms with Gasteiger partial charge in [0.2, 0.25) is 11.8 Å². The van der Waals surface area contributed by atoms with Crippen LogP contribution in [0.4, 0.5) is 5.69 Å². The molecular weight excluding hydrogens is 290 g/mol. The van der Waals surface area contributed by atoms with Crippen molar-refractivity contribution in [2.45, 2.75) is 39.2 Å². The van der Waals surface area contributed by atoms with Gasteiger partial charge in [0, 0.05) is 31.4 Å². The summed E-state index contributed by atoms with van der Waals surface area (Å²) >= 11 is 0. The van der Waals surface area contributed by atoms with Crippen molar-refractivity contribution in [3.63, 3.8) is 0 Å². The van der Waals surface area contributed by atoms with Crippen molar-refractivity contribution < 1.29 is 9.59 Å². The van der Waals surface area contributed by atoms with Crippen molar-refractivity contribution >= 4 is 17.5 Å². The first-order valence-electron chi connectivity index (χ1n) is 8.42. The second kappa shape index (κ2) is 6.32. The van der Waals surface area contributed by atoms with Crippen molar-refractivity contribution in [3.05, 3.63) is 29.3 Å². The number of benzene rings is 1. The molecule has 2 fully saturated rings. The monoisotopic (exact) mass is 315 g/mol. The van der Waals surface area contributed by atoms with Gasteiger partial charge in [-0.1, -0.05) is 6.07 Å². The Bertz CT molecular complexity index is 629. The SMILES string of the molecule is Cc1ccc(N2CC[C@@H](C(=O)N3CCC[C@@H]3CN)C2=O)cc1C. The quantitative estimate of drug-likeness (QED) is 0.862. The number of amides is 2. The number of hydrogen-bond acceptors (Lipinski definition) is 3. The van der Waals surface area contributed by atoms with Crippen LogP contribution in [0.5, 0.6) is 0 Å². The van der Waals surface area contributed by atoms with Gasteiger partial charge in [-0.25, -0.2) is 0 Å². The molecule has 2 N–H and O–H groups in total. The number of rotatable bonds is 3. The summed E-state index contributed by atoms with van der Waals surface area (Å²) in [6.45, 7) is 5.91. The minimum absolute atomic E-state index is 0.0331. The van der Waals surface area contributed by atoms with Gasteiger partial charge in [0.25, 0.3) is 0 Å². The standard InChI is InChI=1S/C18H25N3O2/c1-12-5-6-14(10-13(12)2)21-9-7-16(18(21)23)17(22)20-8-3-4-15(20)11-19/h5-6,10,15-16H,3-4,7-9,11,19H2,1-2H3/t15-,16+/m1/s1. The molecule has 2 atom stereocenters. The van der Waals surface area contributed by atoms with E-state index in [2.05, 4.69) is 6.92 Å². The molecule has 2 heterocycles. The van der Waals surface area contributed by atoms with Crippen LogP contribution < -0.4 is 10.6 Å². The van der Waals surface area contributed by atoms with Crippen LogP contribution in [0.25, 0.3) is 0 Å². The van der Waals surface area contributed by atoms with Gasteiger partial charge in [-0.15, -0.1) is 0 Å². The van der Waals surface area contributed by atoms with Gasteiger partial charge in [0.05, 0.1) is 0 Å². The summed E-state index contributed by atoms with van der Waals surface area (Å²) in [7, 11) is 0. The summed E-state index contributed by atoms with van der Waals surface area (Å²) in [5.74, 6) is -0.640. The van der Waals surface area contributed by atoms with Crippen LogP contribution in [0.3, 0.4) is 0 Å². The van der Waals surface area contributed by atoms with E-state index < -0.39 is 5.92 Å². The van der Waals surface area contributed by atoms with E-state index in [4.69, 9.17) is 5.73 Å². The third-order valence-electron chi connectivity index (χ3n) is 5.24. The lowest BCUT2D eigenvalue weighted by Gasteiger charge is -2.26. The molecule has 0 saturated carbocycles. The van der Waals surface area contributed by atoms with Crippen LogP contribution >= 0.6 is 0 Å². The molecule has 2 aliphatic rings. The second-order valence-electron chi connectivity index (χ2n) is 6.66. The van der Waals surface area contributed by atoms with Gasteiger partial charge in [0.1, 0.15) is 5.92 Å². The molecule has 0 bridgehead atoms. The van der Waals surface area contributed by atoms with Gasteiger partial charge in [-0.2, -0.15) is 0 Å². The Labute approximate surface area is 137 Å². The van der Waals surface area contributed by atoms with E-state index in [9.17, 15) is 9.59 Å². The number of carbonyl (C=O) groups excluding carboxylic acids is 2. The molecule has 0 unspecified atom stereocenters. The molecular formula is C18H25N3O2. The molecule has 0 aromatic heterocycles. The first kappa shape index (κ1) is 16.0. The zero-order chi connectivity index (χ0) is 16.6. The molecule has 0 aliphatic carbocycles. The maximum Gasteiger partial charge on any atom is 0.239 e. The molecule has 2 saturated heterocycles. The van der Waals surface area contributed by atoms with Crippen molar-refractivity contribution in [2.24, 2.45) is 11.7 Å². The Morgan fingerprint density at radius 3 is 2.70 bits per heavy atom. The molecule has 2 aliphatic heterocycles. The maximum absolute atomic E-state index is 12.7. The largest absolute Gasteiger partial charge is 0.338 e. The van der Waals surface area contributed by atoms with Gasteiger partial charge in [-0.3, -0.25) is 9.59 Å². The third-order valence-corrected chi connectivity index (χ3v) is 5.24. The third kappa shape index (κ3) is 2.85. The predicted octanol–water partition coefficient (Wildman–Crippen LogP) is 1.61. The minimum atomic E-state index is -0.538. The lowest BCUT2D eigenvalue weighted by atomic mass is 10.1. The van der Waals surface area contributed by atoms with E-state index in [-0.39, 0.29) is 17.9 Å². The van der Waals surface area contributed by atoms with Crippen LogP contribution in [0, 0.1) is 19.8 Å². The smallest absolute Gasteiger partial charge is 0.239 e. The lowest BCUT2D eigenvalue weighted by molar-refractivity contribution is -0.140. The summed E-state index contributed by atoms with van der Waals surface area (Å²) in [5, 5.41) is 0. The number of aryl methyl sites for hydroxylation is 2. The topological polar surface area (TPSA) is 66.6 Å². The Morgan fingerprint density at radius 2 is 2.00 bits per heavy atom. The van der Waals surface area contributed by atoms with Crippen LogP contribution in [0.1, 0.15) is 30.4 Å². The van der Waals surface area contributed by atoms with E-state index in [1.807, 2.05) is 30.0 Å². The average Bonchev–Trinajstić information content (AvgIpc) is 3.16. The van der Waals surface area contributed by atoms with Crippen LogP contribution in [-0.4, -0.2) is 42.4 Å². The van der Waals surface area contributed by atoms with Crippen molar-refractivity contribution in [1.29, 1.82) is 0 Å². The van der Waals surface area contributed by atoms with Crippen molar-refractivity contribution in [1.82, 2.24) is 4.90 Å². The molecule has 1 aromatic rings. The molecule has 23 heavy (non-hydrogen) atoms. The number of hydrogen-bond donors (Lipinski definition) is 1. The fraction of sp³-hybridized carbons (Fsp3) is 0.556. The second-order valence-corrected chi connectivity index (χ2v) is 6.66. The molecule has 0 spiro atoms. The first-order valence-corrected chi connectivity index (χ1v) is 8.42. The predicted molar refractivity (Wildman–Crippen MR) is 90.2 cm³/mol. The number of likely N-dealkylation sites (tertiary alicyclic amines) is 1. The number of nitrogens with two attached hydrogens (primary N) is 1. The van der Waals surface area contributed by atoms with Gasteiger partial charge in [0.15, 0.2) is 0 Å². The Kier molecular flexibility index (Phi) is 4.39. The van der Waals surface area contributed by atoms with Gasteiger partial charge >= 0.3 is 0 Å². The zero-order valence-electron chi connectivity index (χ0n) is 13.9. The fourth-order valence-electron chi connectivity index (χ4n) is 3.63. The zero-order valence-corrected chi connectivity index (χ0v) is 13.9. The minimum Gasteiger partial charge on any atom is -0.338 e. The summed E-state index contributed by atoms with van der Waals surface area (Å²) < 4.78 is 0. The van der Waals surface area contributed by atoms with E-state index in [1.54, 1.807) is 4.90 Å². The summed E-state index contributed by atoms with van der Waals surface area (Å²) in [4.78, 5) is 29.1. The van der Waals surface area contributed by atoms with Crippen LogP contribution in [0.15, 0.2) is 18.2 Å². The highest BCUT2D eigenvalue weighted by molar-refractivity contribution is 6.09. The summed E-state index contributed by atoms with van der Waals surface area (Å²) in [6.07, 6.45) is 2.53. The molecule has 1 aromatic carbocycles.